The van der Waals surface area contributed by atoms with Gasteiger partial charge in [0.15, 0.2) is 0 Å². The van der Waals surface area contributed by atoms with Gasteiger partial charge in [0.1, 0.15) is 6.33 Å². The summed E-state index contributed by atoms with van der Waals surface area (Å²) in [4.78, 5) is 8.86. The Morgan fingerprint density at radius 1 is 0.970 bits per heavy atom. The number of aromatic nitrogens is 2. The number of halogens is 2. The number of rotatable bonds is 3. The molecule has 1 aromatic heterocycles. The molecule has 0 saturated heterocycles. The minimum Gasteiger partial charge on any atom is -0.244 e. The molecule has 1 atom stereocenters. The predicted octanol–water partition coefficient (Wildman–Crippen LogP) is 6.05. The first-order chi connectivity index (χ1) is 15.9. The molecular formula is C25H19Cl2N3O2S. The predicted molar refractivity (Wildman–Crippen MR) is 130 cm³/mol. The van der Waals surface area contributed by atoms with Gasteiger partial charge in [0.2, 0.25) is 10.0 Å². The Morgan fingerprint density at radius 2 is 1.73 bits per heavy atom. The van der Waals surface area contributed by atoms with Crippen molar-refractivity contribution in [2.24, 2.45) is 0 Å². The molecule has 4 aromatic rings. The van der Waals surface area contributed by atoms with Crippen molar-refractivity contribution in [3.63, 3.8) is 0 Å². The fraction of sp³-hybridized carbons (Fsp3) is 0.120. The van der Waals surface area contributed by atoms with Gasteiger partial charge in [0.25, 0.3) is 0 Å². The number of aryl methyl sites for hydroxylation is 1. The van der Waals surface area contributed by atoms with E-state index in [4.69, 9.17) is 23.2 Å². The first kappa shape index (κ1) is 22.0. The summed E-state index contributed by atoms with van der Waals surface area (Å²) in [6.45, 7) is 2.00. The molecule has 0 amide bonds. The van der Waals surface area contributed by atoms with Crippen LogP contribution in [0.2, 0.25) is 10.0 Å². The van der Waals surface area contributed by atoms with Crippen molar-refractivity contribution < 1.29 is 8.42 Å². The summed E-state index contributed by atoms with van der Waals surface area (Å²) in [6, 6.07) is 18.8. The van der Waals surface area contributed by atoms with Crippen LogP contribution in [0.4, 0.5) is 0 Å². The molecule has 0 radical (unpaired) electrons. The minimum absolute atomic E-state index is 0.0779. The highest BCUT2D eigenvalue weighted by Gasteiger charge is 2.39. The molecule has 3 aromatic carbocycles. The number of sulfonamides is 1. The number of nitrogens with zero attached hydrogens (tertiary/aromatic N) is 3. The second-order valence-corrected chi connectivity index (χ2v) is 10.6. The van der Waals surface area contributed by atoms with E-state index in [1.165, 1.54) is 10.6 Å². The molecule has 1 unspecified atom stereocenters. The highest BCUT2D eigenvalue weighted by molar-refractivity contribution is 7.89. The Kier molecular flexibility index (Phi) is 5.70. The van der Waals surface area contributed by atoms with Crippen LogP contribution in [0.15, 0.2) is 84.1 Å². The Labute approximate surface area is 202 Å². The smallest absolute Gasteiger partial charge is 0.244 e. The van der Waals surface area contributed by atoms with E-state index in [9.17, 15) is 8.42 Å². The molecule has 0 spiro atoms. The van der Waals surface area contributed by atoms with Gasteiger partial charge in [-0.05, 0) is 48.4 Å². The van der Waals surface area contributed by atoms with E-state index in [2.05, 4.69) is 9.97 Å². The van der Waals surface area contributed by atoms with Crippen molar-refractivity contribution in [2.45, 2.75) is 24.4 Å². The van der Waals surface area contributed by atoms with Crippen LogP contribution in [0.1, 0.15) is 28.3 Å². The lowest BCUT2D eigenvalue weighted by molar-refractivity contribution is 0.357. The topological polar surface area (TPSA) is 63.2 Å². The molecule has 1 aliphatic rings. The summed E-state index contributed by atoms with van der Waals surface area (Å²) in [7, 11) is -3.94. The molecule has 5 nitrogen and oxygen atoms in total. The number of benzene rings is 3. The van der Waals surface area contributed by atoms with Gasteiger partial charge in [-0.15, -0.1) is 0 Å². The van der Waals surface area contributed by atoms with Crippen LogP contribution in [0, 0.1) is 6.92 Å². The van der Waals surface area contributed by atoms with Gasteiger partial charge in [0, 0.05) is 33.9 Å². The average Bonchev–Trinajstić information content (AvgIpc) is 2.94. The molecule has 0 saturated carbocycles. The normalized spacial score (nSPS) is 16.0. The quantitative estimate of drug-likeness (QED) is 0.346. The average molecular weight is 496 g/mol. The molecule has 0 aliphatic carbocycles. The second kappa shape index (κ2) is 8.54. The highest BCUT2D eigenvalue weighted by Crippen LogP contribution is 2.45. The molecule has 0 fully saturated rings. The van der Waals surface area contributed by atoms with E-state index >= 15 is 0 Å². The molecule has 33 heavy (non-hydrogen) atoms. The molecule has 0 N–H and O–H groups in total. The van der Waals surface area contributed by atoms with Crippen LogP contribution < -0.4 is 0 Å². The van der Waals surface area contributed by atoms with Gasteiger partial charge in [-0.1, -0.05) is 65.2 Å². The Balaban J connectivity index is 1.83. The van der Waals surface area contributed by atoms with E-state index in [1.54, 1.807) is 48.7 Å². The maximum Gasteiger partial charge on any atom is 0.244 e. The van der Waals surface area contributed by atoms with Crippen molar-refractivity contribution in [1.29, 1.82) is 0 Å². The lowest BCUT2D eigenvalue weighted by atomic mass is 9.93. The van der Waals surface area contributed by atoms with Crippen molar-refractivity contribution in [2.75, 3.05) is 0 Å². The second-order valence-electron chi connectivity index (χ2n) is 7.92. The standard InChI is InChI=1S/C25H19Cl2N3O2S/c1-16-6-9-19(10-7-16)33(31,32)30-14-17-13-28-15-29-24(17)20-11-8-18(26)12-22(20)25(30)21-4-2-3-5-23(21)27/h2-13,15,25H,14H2,1H3. The highest BCUT2D eigenvalue weighted by atomic mass is 35.5. The van der Waals surface area contributed by atoms with Crippen LogP contribution in [0.25, 0.3) is 11.3 Å². The Hall–Kier alpha value is -2.77. The summed E-state index contributed by atoms with van der Waals surface area (Å²) >= 11 is 13.0. The van der Waals surface area contributed by atoms with E-state index in [1.807, 2.05) is 31.2 Å². The van der Waals surface area contributed by atoms with Gasteiger partial charge in [-0.2, -0.15) is 4.31 Å². The van der Waals surface area contributed by atoms with Crippen molar-refractivity contribution >= 4 is 33.2 Å². The summed E-state index contributed by atoms with van der Waals surface area (Å²) in [5.41, 5.74) is 4.52. The van der Waals surface area contributed by atoms with Gasteiger partial charge >= 0.3 is 0 Å². The lowest BCUT2D eigenvalue weighted by Crippen LogP contribution is -2.34. The van der Waals surface area contributed by atoms with Crippen LogP contribution >= 0.6 is 23.2 Å². The number of fused-ring (bicyclic) bond motifs is 3. The summed E-state index contributed by atoms with van der Waals surface area (Å²) < 4.78 is 29.6. The van der Waals surface area contributed by atoms with Gasteiger partial charge in [-0.3, -0.25) is 0 Å². The third-order valence-electron chi connectivity index (χ3n) is 5.79. The lowest BCUT2D eigenvalue weighted by Gasteiger charge is -2.31. The molecule has 1 aliphatic heterocycles. The third kappa shape index (κ3) is 3.93. The van der Waals surface area contributed by atoms with Crippen LogP contribution in [-0.2, 0) is 16.6 Å². The fourth-order valence-electron chi connectivity index (χ4n) is 4.20. The van der Waals surface area contributed by atoms with E-state index in [-0.39, 0.29) is 11.4 Å². The molecule has 0 bridgehead atoms. The summed E-state index contributed by atoms with van der Waals surface area (Å²) in [6.07, 6.45) is 3.12. The zero-order valence-corrected chi connectivity index (χ0v) is 19.9. The number of hydrogen-bond acceptors (Lipinski definition) is 4. The van der Waals surface area contributed by atoms with E-state index < -0.39 is 16.1 Å². The van der Waals surface area contributed by atoms with Crippen molar-refractivity contribution in [3.05, 3.63) is 112 Å². The maximum absolute atomic E-state index is 14.1. The van der Waals surface area contributed by atoms with E-state index in [0.29, 0.717) is 32.4 Å². The first-order valence-electron chi connectivity index (χ1n) is 10.3. The Bertz CT molecular complexity index is 1460. The zero-order valence-electron chi connectivity index (χ0n) is 17.6. The molecule has 5 rings (SSSR count). The van der Waals surface area contributed by atoms with E-state index in [0.717, 1.165) is 11.1 Å². The third-order valence-corrected chi connectivity index (χ3v) is 8.20. The van der Waals surface area contributed by atoms with Crippen LogP contribution in [0.5, 0.6) is 0 Å². The zero-order chi connectivity index (χ0) is 23.2. The van der Waals surface area contributed by atoms with Gasteiger partial charge in [0.05, 0.1) is 16.6 Å². The summed E-state index contributed by atoms with van der Waals surface area (Å²) in [5, 5.41) is 0.963. The van der Waals surface area contributed by atoms with Crippen LogP contribution in [0.3, 0.4) is 0 Å². The fourth-order valence-corrected chi connectivity index (χ4v) is 6.18. The summed E-state index contributed by atoms with van der Waals surface area (Å²) in [5.74, 6) is 0. The minimum atomic E-state index is -3.94. The van der Waals surface area contributed by atoms with Gasteiger partial charge in [-0.25, -0.2) is 18.4 Å². The number of hydrogen-bond donors (Lipinski definition) is 0. The van der Waals surface area contributed by atoms with Crippen LogP contribution in [-0.4, -0.2) is 22.7 Å². The SMILES string of the molecule is Cc1ccc(S(=O)(=O)N2Cc3cncnc3-c3ccc(Cl)cc3C2c2ccccc2Cl)cc1. The maximum atomic E-state index is 14.1. The monoisotopic (exact) mass is 495 g/mol. The van der Waals surface area contributed by atoms with Crippen molar-refractivity contribution in [1.82, 2.24) is 14.3 Å². The molecule has 166 valence electrons. The van der Waals surface area contributed by atoms with Gasteiger partial charge < -0.3 is 0 Å². The first-order valence-corrected chi connectivity index (χ1v) is 12.5. The Morgan fingerprint density at radius 3 is 2.48 bits per heavy atom. The van der Waals surface area contributed by atoms with Crippen molar-refractivity contribution in [3.8, 4) is 11.3 Å². The molecule has 8 heteroatoms. The molecular weight excluding hydrogens is 477 g/mol. The molecule has 2 heterocycles. The largest absolute Gasteiger partial charge is 0.244 e.